The molecule has 1 saturated carbocycles. The number of guanidine groups is 1. The topological polar surface area (TPSA) is 58.5 Å². The summed E-state index contributed by atoms with van der Waals surface area (Å²) in [7, 11) is 1.78. The largest absolute Gasteiger partial charge is 0.477 e. The van der Waals surface area contributed by atoms with Crippen LogP contribution >= 0.6 is 35.3 Å². The molecule has 0 aromatic carbocycles. The summed E-state index contributed by atoms with van der Waals surface area (Å²) in [5, 5.41) is 6.63. The number of aromatic nitrogens is 1. The average Bonchev–Trinajstić information content (AvgIpc) is 3.34. The molecule has 3 rings (SSSR count). The summed E-state index contributed by atoms with van der Waals surface area (Å²) in [4.78, 5) is 11.2. The Hall–Kier alpha value is -1.35. The molecular weight excluding hydrogens is 447 g/mol. The number of halogens is 1. The minimum atomic E-state index is 0. The van der Waals surface area contributed by atoms with E-state index in [9.17, 15) is 0 Å². The number of rotatable bonds is 7. The lowest BCUT2D eigenvalue weighted by Gasteiger charge is -2.11. The molecule has 0 bridgehead atoms. The first-order valence-corrected chi connectivity index (χ1v) is 9.12. The standard InChI is InChI=1S/C18H24N4OS.HI/c1-13-3-7-16(24-13)11-22-18(19-2)21-10-15-6-8-17(20-9-15)23-12-14-4-5-14;/h3,6-9,14H,4-5,10-12H2,1-2H3,(H2,19,21,22);1H. The molecule has 0 unspecified atom stereocenters. The van der Waals surface area contributed by atoms with E-state index in [1.54, 1.807) is 18.4 Å². The SMILES string of the molecule is CN=C(NCc1ccc(OCC2CC2)nc1)NCc1ccc(C)s1.I. The zero-order chi connectivity index (χ0) is 16.8. The first-order valence-electron chi connectivity index (χ1n) is 8.30. The van der Waals surface area contributed by atoms with Gasteiger partial charge in [-0.15, -0.1) is 35.3 Å². The van der Waals surface area contributed by atoms with Gasteiger partial charge in [0.15, 0.2) is 5.96 Å². The van der Waals surface area contributed by atoms with Gasteiger partial charge in [-0.05, 0) is 43.4 Å². The third-order valence-electron chi connectivity index (χ3n) is 3.87. The first kappa shape index (κ1) is 20.0. The quantitative estimate of drug-likeness (QED) is 0.367. The van der Waals surface area contributed by atoms with Crippen LogP contribution in [-0.2, 0) is 13.1 Å². The van der Waals surface area contributed by atoms with Gasteiger partial charge < -0.3 is 15.4 Å². The monoisotopic (exact) mass is 472 g/mol. The van der Waals surface area contributed by atoms with Gasteiger partial charge >= 0.3 is 0 Å². The van der Waals surface area contributed by atoms with E-state index < -0.39 is 0 Å². The van der Waals surface area contributed by atoms with E-state index in [0.29, 0.717) is 12.4 Å². The molecule has 136 valence electrons. The van der Waals surface area contributed by atoms with E-state index in [0.717, 1.165) is 30.6 Å². The lowest BCUT2D eigenvalue weighted by atomic mass is 10.3. The molecule has 2 heterocycles. The summed E-state index contributed by atoms with van der Waals surface area (Å²) in [6.45, 7) is 4.37. The molecule has 1 aliphatic carbocycles. The molecule has 0 aliphatic heterocycles. The van der Waals surface area contributed by atoms with Crippen molar-refractivity contribution in [1.29, 1.82) is 0 Å². The Bertz CT molecular complexity index is 683. The van der Waals surface area contributed by atoms with Crippen molar-refractivity contribution < 1.29 is 4.74 Å². The molecule has 0 amide bonds. The lowest BCUT2D eigenvalue weighted by Crippen LogP contribution is -2.36. The number of thiophene rings is 1. The van der Waals surface area contributed by atoms with Crippen molar-refractivity contribution in [3.8, 4) is 5.88 Å². The number of aryl methyl sites for hydroxylation is 1. The molecule has 0 radical (unpaired) electrons. The Balaban J connectivity index is 0.00000225. The minimum Gasteiger partial charge on any atom is -0.477 e. The normalized spacial score (nSPS) is 13.9. The Morgan fingerprint density at radius 1 is 1.24 bits per heavy atom. The van der Waals surface area contributed by atoms with Crippen LogP contribution in [0, 0.1) is 12.8 Å². The number of nitrogens with zero attached hydrogens (tertiary/aromatic N) is 2. The van der Waals surface area contributed by atoms with Crippen LogP contribution in [0.25, 0.3) is 0 Å². The highest BCUT2D eigenvalue weighted by Gasteiger charge is 2.21. The fourth-order valence-electron chi connectivity index (χ4n) is 2.25. The molecule has 2 aromatic heterocycles. The van der Waals surface area contributed by atoms with Gasteiger partial charge in [0.2, 0.25) is 5.88 Å². The maximum atomic E-state index is 5.65. The van der Waals surface area contributed by atoms with Crippen LogP contribution in [0.5, 0.6) is 5.88 Å². The van der Waals surface area contributed by atoms with Crippen molar-refractivity contribution in [3.05, 3.63) is 45.8 Å². The fraction of sp³-hybridized carbons (Fsp3) is 0.444. The molecule has 0 atom stereocenters. The molecule has 5 nitrogen and oxygen atoms in total. The van der Waals surface area contributed by atoms with Gasteiger partial charge in [0.05, 0.1) is 13.2 Å². The highest BCUT2D eigenvalue weighted by molar-refractivity contribution is 14.0. The van der Waals surface area contributed by atoms with Crippen LogP contribution in [0.1, 0.15) is 28.2 Å². The van der Waals surface area contributed by atoms with Crippen molar-refractivity contribution >= 4 is 41.3 Å². The predicted octanol–water partition coefficient (Wildman–Crippen LogP) is 3.72. The molecule has 2 aromatic rings. The van der Waals surface area contributed by atoms with Crippen LogP contribution in [0.15, 0.2) is 35.5 Å². The maximum absolute atomic E-state index is 5.65. The van der Waals surface area contributed by atoms with E-state index in [2.05, 4.69) is 39.7 Å². The van der Waals surface area contributed by atoms with E-state index in [4.69, 9.17) is 4.74 Å². The Labute approximate surface area is 170 Å². The Morgan fingerprint density at radius 3 is 2.64 bits per heavy atom. The second-order valence-electron chi connectivity index (χ2n) is 6.05. The van der Waals surface area contributed by atoms with E-state index in [-0.39, 0.29) is 24.0 Å². The molecule has 0 saturated heterocycles. The van der Waals surface area contributed by atoms with E-state index in [1.165, 1.54) is 22.6 Å². The smallest absolute Gasteiger partial charge is 0.213 e. The van der Waals surface area contributed by atoms with E-state index in [1.807, 2.05) is 18.3 Å². The number of pyridine rings is 1. The summed E-state index contributed by atoms with van der Waals surface area (Å²) in [6.07, 6.45) is 4.43. The second kappa shape index (κ2) is 9.96. The highest BCUT2D eigenvalue weighted by Crippen LogP contribution is 2.29. The zero-order valence-electron chi connectivity index (χ0n) is 14.6. The minimum absolute atomic E-state index is 0. The number of nitrogens with one attached hydrogen (secondary N) is 2. The molecular formula is C18H25IN4OS. The van der Waals surface area contributed by atoms with Crippen LogP contribution in [0.2, 0.25) is 0 Å². The molecule has 2 N–H and O–H groups in total. The van der Waals surface area contributed by atoms with Gasteiger partial charge in [0, 0.05) is 35.6 Å². The lowest BCUT2D eigenvalue weighted by molar-refractivity contribution is 0.288. The van der Waals surface area contributed by atoms with Crippen LogP contribution in [-0.4, -0.2) is 24.6 Å². The van der Waals surface area contributed by atoms with Gasteiger partial charge in [-0.2, -0.15) is 0 Å². The van der Waals surface area contributed by atoms with Gasteiger partial charge in [0.1, 0.15) is 0 Å². The number of hydrogen-bond acceptors (Lipinski definition) is 4. The van der Waals surface area contributed by atoms with Gasteiger partial charge in [-0.25, -0.2) is 4.98 Å². The Kier molecular flexibility index (Phi) is 7.95. The summed E-state index contributed by atoms with van der Waals surface area (Å²) in [6, 6.07) is 8.25. The van der Waals surface area contributed by atoms with Crippen molar-refractivity contribution in [1.82, 2.24) is 15.6 Å². The van der Waals surface area contributed by atoms with Gasteiger partial charge in [-0.3, -0.25) is 4.99 Å². The molecule has 7 heteroatoms. The van der Waals surface area contributed by atoms with Crippen LogP contribution < -0.4 is 15.4 Å². The molecule has 1 fully saturated rings. The summed E-state index contributed by atoms with van der Waals surface area (Å²) < 4.78 is 5.65. The van der Waals surface area contributed by atoms with Crippen molar-refractivity contribution in [2.24, 2.45) is 10.9 Å². The zero-order valence-corrected chi connectivity index (χ0v) is 17.8. The summed E-state index contributed by atoms with van der Waals surface area (Å²) in [5.74, 6) is 2.24. The predicted molar refractivity (Wildman–Crippen MR) is 114 cm³/mol. The van der Waals surface area contributed by atoms with E-state index >= 15 is 0 Å². The van der Waals surface area contributed by atoms with Crippen molar-refractivity contribution in [2.45, 2.75) is 32.9 Å². The number of hydrogen-bond donors (Lipinski definition) is 2. The van der Waals surface area contributed by atoms with Gasteiger partial charge in [-0.1, -0.05) is 6.07 Å². The van der Waals surface area contributed by atoms with Crippen molar-refractivity contribution in [3.63, 3.8) is 0 Å². The van der Waals surface area contributed by atoms with Crippen LogP contribution in [0.4, 0.5) is 0 Å². The maximum Gasteiger partial charge on any atom is 0.213 e. The summed E-state index contributed by atoms with van der Waals surface area (Å²) >= 11 is 1.80. The average molecular weight is 472 g/mol. The summed E-state index contributed by atoms with van der Waals surface area (Å²) in [5.41, 5.74) is 1.10. The molecule has 0 spiro atoms. The fourth-order valence-corrected chi connectivity index (χ4v) is 3.08. The van der Waals surface area contributed by atoms with Crippen molar-refractivity contribution in [2.75, 3.05) is 13.7 Å². The second-order valence-corrected chi connectivity index (χ2v) is 7.42. The molecule has 25 heavy (non-hydrogen) atoms. The third-order valence-corrected chi connectivity index (χ3v) is 4.87. The third kappa shape index (κ3) is 6.81. The highest BCUT2D eigenvalue weighted by atomic mass is 127. The number of aliphatic imine (C=N–C) groups is 1. The molecule has 1 aliphatic rings. The van der Waals surface area contributed by atoms with Gasteiger partial charge in [0.25, 0.3) is 0 Å². The Morgan fingerprint density at radius 2 is 2.04 bits per heavy atom. The first-order chi connectivity index (χ1) is 11.7. The van der Waals surface area contributed by atoms with Crippen LogP contribution in [0.3, 0.4) is 0 Å². The number of ether oxygens (including phenoxy) is 1.